The first-order chi connectivity index (χ1) is 9.19. The van der Waals surface area contributed by atoms with Crippen LogP contribution in [0.1, 0.15) is 23.8 Å². The van der Waals surface area contributed by atoms with Gasteiger partial charge in [0.1, 0.15) is 0 Å². The third-order valence-corrected chi connectivity index (χ3v) is 4.19. The lowest BCUT2D eigenvalue weighted by molar-refractivity contribution is 0.155. The van der Waals surface area contributed by atoms with E-state index in [0.29, 0.717) is 12.1 Å². The Morgan fingerprint density at radius 3 is 2.79 bits per heavy atom. The summed E-state index contributed by atoms with van der Waals surface area (Å²) in [7, 11) is 5.99. The molecule has 110 valence electrons. The highest BCUT2D eigenvalue weighted by Crippen LogP contribution is 2.22. The van der Waals surface area contributed by atoms with Crippen molar-refractivity contribution in [3.05, 3.63) is 22.4 Å². The first kappa shape index (κ1) is 16.6. The molecule has 0 bridgehead atoms. The van der Waals surface area contributed by atoms with E-state index in [-0.39, 0.29) is 0 Å². The highest BCUT2D eigenvalue weighted by Gasteiger charge is 2.17. The molecule has 19 heavy (non-hydrogen) atoms. The average Bonchev–Trinajstić information content (AvgIpc) is 2.89. The number of thiophene rings is 1. The van der Waals surface area contributed by atoms with Gasteiger partial charge in [-0.15, -0.1) is 11.3 Å². The second kappa shape index (κ2) is 9.44. The van der Waals surface area contributed by atoms with Crippen molar-refractivity contribution in [1.82, 2.24) is 10.2 Å². The van der Waals surface area contributed by atoms with E-state index in [4.69, 9.17) is 10.5 Å². The third-order valence-electron chi connectivity index (χ3n) is 3.22. The monoisotopic (exact) mass is 285 g/mol. The minimum atomic E-state index is 0.385. The van der Waals surface area contributed by atoms with Crippen molar-refractivity contribution in [3.8, 4) is 0 Å². The molecule has 0 aliphatic rings. The van der Waals surface area contributed by atoms with Crippen molar-refractivity contribution in [3.63, 3.8) is 0 Å². The number of hydrogen-bond donors (Lipinski definition) is 2. The number of nitrogens with two attached hydrogens (primary N) is 1. The number of rotatable bonds is 10. The van der Waals surface area contributed by atoms with Crippen molar-refractivity contribution in [1.29, 1.82) is 0 Å². The molecule has 1 aromatic heterocycles. The maximum atomic E-state index is 5.58. The highest BCUT2D eigenvalue weighted by atomic mass is 32.1. The largest absolute Gasteiger partial charge is 0.383 e. The summed E-state index contributed by atoms with van der Waals surface area (Å²) < 4.78 is 5.27. The van der Waals surface area contributed by atoms with Gasteiger partial charge in [0.15, 0.2) is 0 Å². The molecular weight excluding hydrogens is 258 g/mol. The fraction of sp³-hybridized carbons (Fsp3) is 0.714. The van der Waals surface area contributed by atoms with Gasteiger partial charge < -0.3 is 20.7 Å². The van der Waals surface area contributed by atoms with Gasteiger partial charge in [0.05, 0.1) is 12.6 Å². The van der Waals surface area contributed by atoms with Gasteiger partial charge in [-0.1, -0.05) is 6.07 Å². The lowest BCUT2D eigenvalue weighted by atomic mass is 10.1. The van der Waals surface area contributed by atoms with Crippen molar-refractivity contribution in [2.24, 2.45) is 5.73 Å². The zero-order chi connectivity index (χ0) is 14.1. The maximum absolute atomic E-state index is 5.58. The lowest BCUT2D eigenvalue weighted by Gasteiger charge is -2.26. The molecule has 1 rings (SSSR count). The molecule has 0 spiro atoms. The molecule has 0 aliphatic heterocycles. The summed E-state index contributed by atoms with van der Waals surface area (Å²) in [5.41, 5.74) is 5.58. The molecule has 5 heteroatoms. The Balaban J connectivity index is 2.49. The van der Waals surface area contributed by atoms with Crippen LogP contribution in [0.2, 0.25) is 0 Å². The summed E-state index contributed by atoms with van der Waals surface area (Å²) in [6, 6.07) is 5.10. The second-order valence-electron chi connectivity index (χ2n) is 4.99. The Labute approximate surface area is 120 Å². The first-order valence-electron chi connectivity index (χ1n) is 6.81. The van der Waals surface area contributed by atoms with Crippen LogP contribution < -0.4 is 11.1 Å². The first-order valence-corrected chi connectivity index (χ1v) is 7.69. The summed E-state index contributed by atoms with van der Waals surface area (Å²) in [6.07, 6.45) is 2.10. The minimum Gasteiger partial charge on any atom is -0.383 e. The van der Waals surface area contributed by atoms with Gasteiger partial charge in [-0.05, 0) is 44.9 Å². The number of hydrogen-bond acceptors (Lipinski definition) is 5. The van der Waals surface area contributed by atoms with E-state index in [1.165, 1.54) is 4.88 Å². The fourth-order valence-electron chi connectivity index (χ4n) is 2.11. The van der Waals surface area contributed by atoms with Crippen molar-refractivity contribution in [2.45, 2.75) is 24.9 Å². The Hall–Kier alpha value is -0.460. The molecule has 2 unspecified atom stereocenters. The zero-order valence-electron chi connectivity index (χ0n) is 12.3. The molecule has 0 aliphatic carbocycles. The SMILES string of the molecule is COCC(CCCN)NCC(c1cccs1)N(C)C. The molecule has 4 nitrogen and oxygen atoms in total. The van der Waals surface area contributed by atoms with E-state index in [1.807, 2.05) is 11.3 Å². The van der Waals surface area contributed by atoms with Crippen LogP contribution in [0.15, 0.2) is 17.5 Å². The number of nitrogens with zero attached hydrogens (tertiary/aromatic N) is 1. The Bertz CT molecular complexity index is 317. The van der Waals surface area contributed by atoms with E-state index in [1.54, 1.807) is 7.11 Å². The number of ether oxygens (including phenoxy) is 1. The molecule has 0 radical (unpaired) electrons. The van der Waals surface area contributed by atoms with Gasteiger partial charge in [-0.25, -0.2) is 0 Å². The van der Waals surface area contributed by atoms with E-state index in [2.05, 4.69) is 41.8 Å². The minimum absolute atomic E-state index is 0.385. The van der Waals surface area contributed by atoms with E-state index < -0.39 is 0 Å². The van der Waals surface area contributed by atoms with Gasteiger partial charge in [-0.2, -0.15) is 0 Å². The number of nitrogens with one attached hydrogen (secondary N) is 1. The van der Waals surface area contributed by atoms with Crippen molar-refractivity contribution in [2.75, 3.05) is 40.9 Å². The molecule has 0 aromatic carbocycles. The highest BCUT2D eigenvalue weighted by molar-refractivity contribution is 7.10. The molecule has 3 N–H and O–H groups in total. The molecule has 1 aromatic rings. The van der Waals surface area contributed by atoms with Gasteiger partial charge in [0.2, 0.25) is 0 Å². The van der Waals surface area contributed by atoms with E-state index in [0.717, 1.165) is 32.5 Å². The number of methoxy groups -OCH3 is 1. The number of likely N-dealkylation sites (N-methyl/N-ethyl adjacent to an activating group) is 1. The van der Waals surface area contributed by atoms with Gasteiger partial charge in [0, 0.05) is 24.6 Å². The molecular formula is C14H27N3OS. The molecule has 2 atom stereocenters. The van der Waals surface area contributed by atoms with Gasteiger partial charge in [0.25, 0.3) is 0 Å². The van der Waals surface area contributed by atoms with E-state index in [9.17, 15) is 0 Å². The normalized spacial score (nSPS) is 14.8. The third kappa shape index (κ3) is 6.01. The molecule has 0 amide bonds. The Kier molecular flexibility index (Phi) is 8.25. The summed E-state index contributed by atoms with van der Waals surface area (Å²) >= 11 is 1.81. The maximum Gasteiger partial charge on any atom is 0.0615 e. The van der Waals surface area contributed by atoms with Gasteiger partial charge >= 0.3 is 0 Å². The Morgan fingerprint density at radius 1 is 1.47 bits per heavy atom. The van der Waals surface area contributed by atoms with Crippen LogP contribution in [0, 0.1) is 0 Å². The Morgan fingerprint density at radius 2 is 2.26 bits per heavy atom. The van der Waals surface area contributed by atoms with Gasteiger partial charge in [-0.3, -0.25) is 0 Å². The van der Waals surface area contributed by atoms with Crippen LogP contribution in [0.3, 0.4) is 0 Å². The summed E-state index contributed by atoms with van der Waals surface area (Å²) in [5, 5.41) is 5.74. The second-order valence-corrected chi connectivity index (χ2v) is 5.97. The van der Waals surface area contributed by atoms with Crippen molar-refractivity contribution < 1.29 is 4.74 Å². The van der Waals surface area contributed by atoms with Crippen LogP contribution in [-0.2, 0) is 4.74 Å². The van der Waals surface area contributed by atoms with E-state index >= 15 is 0 Å². The predicted octanol–water partition coefficient (Wildman–Crippen LogP) is 1.69. The van der Waals surface area contributed by atoms with Crippen LogP contribution in [0.5, 0.6) is 0 Å². The molecule has 0 saturated heterocycles. The van der Waals surface area contributed by atoms with Crippen LogP contribution >= 0.6 is 11.3 Å². The molecule has 0 saturated carbocycles. The predicted molar refractivity (Wildman–Crippen MR) is 82.7 cm³/mol. The quantitative estimate of drug-likeness (QED) is 0.687. The molecule has 1 heterocycles. The molecule has 0 fully saturated rings. The fourth-order valence-corrected chi connectivity index (χ4v) is 3.03. The zero-order valence-corrected chi connectivity index (χ0v) is 13.1. The smallest absolute Gasteiger partial charge is 0.0615 e. The van der Waals surface area contributed by atoms with Crippen LogP contribution in [0.4, 0.5) is 0 Å². The lowest BCUT2D eigenvalue weighted by Crippen LogP contribution is -2.39. The van der Waals surface area contributed by atoms with Crippen LogP contribution in [0.25, 0.3) is 0 Å². The summed E-state index contributed by atoms with van der Waals surface area (Å²) in [4.78, 5) is 3.65. The standard InChI is InChI=1S/C14H27N3OS/c1-17(2)13(14-7-5-9-19-14)10-16-12(11-18-3)6-4-8-15/h5,7,9,12-13,16H,4,6,8,10-11,15H2,1-3H3. The summed E-state index contributed by atoms with van der Waals surface area (Å²) in [5.74, 6) is 0. The topological polar surface area (TPSA) is 50.5 Å². The average molecular weight is 285 g/mol. The van der Waals surface area contributed by atoms with Crippen LogP contribution in [-0.4, -0.2) is 51.8 Å². The van der Waals surface area contributed by atoms with Crippen molar-refractivity contribution >= 4 is 11.3 Å². The summed E-state index contributed by atoms with van der Waals surface area (Å²) in [6.45, 7) is 2.42.